The summed E-state index contributed by atoms with van der Waals surface area (Å²) in [6.45, 7) is 3.49. The van der Waals surface area contributed by atoms with Crippen LogP contribution in [-0.4, -0.2) is 43.1 Å². The van der Waals surface area contributed by atoms with Gasteiger partial charge >= 0.3 is 0 Å². The second-order valence-electron chi connectivity index (χ2n) is 7.95. The summed E-state index contributed by atoms with van der Waals surface area (Å²) < 4.78 is 6.19. The average Bonchev–Trinajstić information content (AvgIpc) is 3.12. The third kappa shape index (κ3) is 3.41. The number of nitrogens with one attached hydrogen (secondary N) is 1. The third-order valence-corrected chi connectivity index (χ3v) is 6.41. The lowest BCUT2D eigenvalue weighted by molar-refractivity contribution is -0.146. The minimum Gasteiger partial charge on any atom is -0.491 e. The van der Waals surface area contributed by atoms with Crippen LogP contribution in [-0.2, 0) is 11.2 Å². The van der Waals surface area contributed by atoms with Crippen molar-refractivity contribution in [3.05, 3.63) is 29.8 Å². The summed E-state index contributed by atoms with van der Waals surface area (Å²) in [5.41, 5.74) is 1.19. The van der Waals surface area contributed by atoms with Crippen molar-refractivity contribution in [1.29, 1.82) is 0 Å². The van der Waals surface area contributed by atoms with Crippen molar-refractivity contribution in [2.45, 2.75) is 57.4 Å². The van der Waals surface area contributed by atoms with E-state index in [1.165, 1.54) is 5.56 Å². The number of piperidine rings is 1. The van der Waals surface area contributed by atoms with Crippen molar-refractivity contribution in [1.82, 2.24) is 10.2 Å². The maximum absolute atomic E-state index is 13.5. The highest BCUT2D eigenvalue weighted by Crippen LogP contribution is 2.39. The number of carbonyl (C=O) groups excluding carboxylic acids is 1. The molecule has 4 rings (SSSR count). The molecule has 3 heterocycles. The summed E-state index contributed by atoms with van der Waals surface area (Å²) in [5, 5.41) is 3.44. The Bertz CT molecular complexity index is 610. The van der Waals surface area contributed by atoms with Crippen LogP contribution in [0.4, 0.5) is 0 Å². The molecule has 0 radical (unpaired) electrons. The average molecular weight is 342 g/mol. The molecule has 2 fully saturated rings. The fourth-order valence-corrected chi connectivity index (χ4v) is 4.87. The topological polar surface area (TPSA) is 41.6 Å². The number of aryl methyl sites for hydroxylation is 1. The van der Waals surface area contributed by atoms with Gasteiger partial charge in [-0.3, -0.25) is 4.79 Å². The van der Waals surface area contributed by atoms with Crippen LogP contribution >= 0.6 is 0 Å². The zero-order valence-electron chi connectivity index (χ0n) is 15.1. The normalized spacial score (nSPS) is 27.0. The molecular formula is C21H30N2O2. The number of hydrogen-bond acceptors (Lipinski definition) is 3. The standard InChI is InChI=1S/C21H30N2O2/c24-20-21(11-13-22-14-12-21)10-4-3-7-17-6-1-2-9-19(17)25-16-18-8-5-15-23(18)20/h1-2,6,9,18,22H,3-5,7-8,10-16H2/t18-/m1/s1. The summed E-state index contributed by atoms with van der Waals surface area (Å²) in [7, 11) is 0. The number of rotatable bonds is 0. The lowest BCUT2D eigenvalue weighted by Crippen LogP contribution is -2.51. The van der Waals surface area contributed by atoms with Crippen LogP contribution in [0.3, 0.4) is 0 Å². The van der Waals surface area contributed by atoms with Crippen LogP contribution in [0.5, 0.6) is 5.75 Å². The van der Waals surface area contributed by atoms with Gasteiger partial charge in [0.15, 0.2) is 0 Å². The van der Waals surface area contributed by atoms with Crippen LogP contribution in [0.2, 0.25) is 0 Å². The Kier molecular flexibility index (Phi) is 4.98. The second-order valence-corrected chi connectivity index (χ2v) is 7.95. The minimum atomic E-state index is -0.132. The van der Waals surface area contributed by atoms with Gasteiger partial charge in [-0.25, -0.2) is 0 Å². The Morgan fingerprint density at radius 2 is 1.92 bits per heavy atom. The van der Waals surface area contributed by atoms with Crippen molar-refractivity contribution in [3.63, 3.8) is 0 Å². The molecule has 0 aliphatic carbocycles. The Balaban J connectivity index is 1.60. The van der Waals surface area contributed by atoms with Crippen molar-refractivity contribution in [3.8, 4) is 5.75 Å². The van der Waals surface area contributed by atoms with Gasteiger partial charge in [0.25, 0.3) is 0 Å². The van der Waals surface area contributed by atoms with Gasteiger partial charge < -0.3 is 15.0 Å². The Hall–Kier alpha value is -1.55. The van der Waals surface area contributed by atoms with Gasteiger partial charge in [-0.15, -0.1) is 0 Å². The molecule has 136 valence electrons. The van der Waals surface area contributed by atoms with Crippen LogP contribution in [0, 0.1) is 5.41 Å². The first kappa shape index (κ1) is 16.9. The van der Waals surface area contributed by atoms with Gasteiger partial charge in [-0.2, -0.15) is 0 Å². The fourth-order valence-electron chi connectivity index (χ4n) is 4.87. The van der Waals surface area contributed by atoms with Crippen LogP contribution in [0.25, 0.3) is 0 Å². The second kappa shape index (κ2) is 7.36. The number of fused-ring (bicyclic) bond motifs is 2. The number of benzene rings is 1. The van der Waals surface area contributed by atoms with Crippen LogP contribution in [0.15, 0.2) is 24.3 Å². The molecule has 2 saturated heterocycles. The quantitative estimate of drug-likeness (QED) is 0.787. The van der Waals surface area contributed by atoms with Crippen molar-refractivity contribution in [2.24, 2.45) is 5.41 Å². The SMILES string of the molecule is O=C1N2CCC[C@@H]2COc2ccccc2CCCCC12CCNCC2. The van der Waals surface area contributed by atoms with Crippen molar-refractivity contribution < 1.29 is 9.53 Å². The Morgan fingerprint density at radius 3 is 2.80 bits per heavy atom. The summed E-state index contributed by atoms with van der Waals surface area (Å²) >= 11 is 0. The van der Waals surface area contributed by atoms with Crippen molar-refractivity contribution in [2.75, 3.05) is 26.2 Å². The monoisotopic (exact) mass is 342 g/mol. The van der Waals surface area contributed by atoms with E-state index in [1.807, 2.05) is 6.07 Å². The molecule has 3 aliphatic rings. The molecule has 1 aromatic carbocycles. The zero-order valence-corrected chi connectivity index (χ0v) is 15.1. The number of para-hydroxylation sites is 1. The lowest BCUT2D eigenvalue weighted by Gasteiger charge is -2.41. The molecule has 25 heavy (non-hydrogen) atoms. The van der Waals surface area contributed by atoms with E-state index in [2.05, 4.69) is 28.4 Å². The highest BCUT2D eigenvalue weighted by atomic mass is 16.5. The maximum atomic E-state index is 13.5. The van der Waals surface area contributed by atoms with Gasteiger partial charge in [0, 0.05) is 6.54 Å². The minimum absolute atomic E-state index is 0.132. The summed E-state index contributed by atoms with van der Waals surface area (Å²) in [6, 6.07) is 8.67. The van der Waals surface area contributed by atoms with Crippen LogP contribution < -0.4 is 10.1 Å². The van der Waals surface area contributed by atoms with E-state index in [-0.39, 0.29) is 11.5 Å². The lowest BCUT2D eigenvalue weighted by atomic mass is 9.73. The molecule has 1 aromatic rings. The van der Waals surface area contributed by atoms with E-state index in [0.29, 0.717) is 12.5 Å². The largest absolute Gasteiger partial charge is 0.491 e. The van der Waals surface area contributed by atoms with E-state index < -0.39 is 0 Å². The molecule has 3 aliphatic heterocycles. The summed E-state index contributed by atoms with van der Waals surface area (Å²) in [4.78, 5) is 15.7. The number of nitrogens with zero attached hydrogens (tertiary/aromatic N) is 1. The molecule has 1 amide bonds. The summed E-state index contributed by atoms with van der Waals surface area (Å²) in [6.07, 6.45) is 8.51. The fraction of sp³-hybridized carbons (Fsp3) is 0.667. The number of ether oxygens (including phenoxy) is 1. The molecular weight excluding hydrogens is 312 g/mol. The number of carbonyl (C=O) groups is 1. The maximum Gasteiger partial charge on any atom is 0.229 e. The Labute approximate surface area is 150 Å². The first-order valence-electron chi connectivity index (χ1n) is 10.0. The number of hydrogen-bond donors (Lipinski definition) is 1. The molecule has 1 spiro atoms. The highest BCUT2D eigenvalue weighted by molar-refractivity contribution is 5.83. The van der Waals surface area contributed by atoms with E-state index in [1.54, 1.807) is 0 Å². The predicted octanol–water partition coefficient (Wildman–Crippen LogP) is 3.15. The predicted molar refractivity (Wildman–Crippen MR) is 98.8 cm³/mol. The first-order chi connectivity index (χ1) is 12.3. The molecule has 0 saturated carbocycles. The molecule has 0 bridgehead atoms. The molecule has 4 nitrogen and oxygen atoms in total. The van der Waals surface area contributed by atoms with Gasteiger partial charge in [0.05, 0.1) is 11.5 Å². The molecule has 0 unspecified atom stereocenters. The first-order valence-corrected chi connectivity index (χ1v) is 10.0. The van der Waals surface area contributed by atoms with E-state index in [0.717, 1.165) is 76.8 Å². The summed E-state index contributed by atoms with van der Waals surface area (Å²) in [5.74, 6) is 1.42. The molecule has 4 heteroatoms. The third-order valence-electron chi connectivity index (χ3n) is 6.41. The zero-order chi connectivity index (χ0) is 17.1. The Morgan fingerprint density at radius 1 is 1.08 bits per heavy atom. The van der Waals surface area contributed by atoms with Crippen LogP contribution in [0.1, 0.15) is 50.5 Å². The molecule has 1 N–H and O–H groups in total. The highest BCUT2D eigenvalue weighted by Gasteiger charge is 2.44. The van der Waals surface area contributed by atoms with Crippen molar-refractivity contribution >= 4 is 5.91 Å². The van der Waals surface area contributed by atoms with Gasteiger partial charge in [-0.1, -0.05) is 24.6 Å². The number of amides is 1. The van der Waals surface area contributed by atoms with Gasteiger partial charge in [-0.05, 0) is 69.7 Å². The van der Waals surface area contributed by atoms with E-state index in [4.69, 9.17) is 4.74 Å². The van der Waals surface area contributed by atoms with E-state index >= 15 is 0 Å². The molecule has 0 aromatic heterocycles. The van der Waals surface area contributed by atoms with Gasteiger partial charge in [0.1, 0.15) is 12.4 Å². The smallest absolute Gasteiger partial charge is 0.229 e. The molecule has 1 atom stereocenters. The van der Waals surface area contributed by atoms with E-state index in [9.17, 15) is 4.79 Å². The van der Waals surface area contributed by atoms with Gasteiger partial charge in [0.2, 0.25) is 5.91 Å².